The van der Waals surface area contributed by atoms with Crippen LogP contribution in [0.4, 0.5) is 10.6 Å². The summed E-state index contributed by atoms with van der Waals surface area (Å²) in [5.41, 5.74) is 0.985. The molecule has 24 heavy (non-hydrogen) atoms. The molecule has 1 unspecified atom stereocenters. The fourth-order valence-electron chi connectivity index (χ4n) is 3.85. The van der Waals surface area contributed by atoms with Gasteiger partial charge in [0.25, 0.3) is 0 Å². The Labute approximate surface area is 145 Å². The number of amides is 1. The second-order valence-corrected chi connectivity index (χ2v) is 8.37. The van der Waals surface area contributed by atoms with E-state index in [0.717, 1.165) is 44.8 Å². The Kier molecular flexibility index (Phi) is 4.45. The van der Waals surface area contributed by atoms with E-state index in [4.69, 9.17) is 4.74 Å². The first kappa shape index (κ1) is 17.1. The highest BCUT2D eigenvalue weighted by Crippen LogP contribution is 2.40. The Bertz CT molecular complexity index is 611. The van der Waals surface area contributed by atoms with Crippen LogP contribution in [-0.4, -0.2) is 47.8 Å². The minimum atomic E-state index is -0.434. The molecular formula is C19H29N3O2. The molecule has 2 aliphatic heterocycles. The van der Waals surface area contributed by atoms with E-state index >= 15 is 0 Å². The summed E-state index contributed by atoms with van der Waals surface area (Å²) >= 11 is 0. The maximum absolute atomic E-state index is 12.4. The van der Waals surface area contributed by atoms with Gasteiger partial charge in [-0.25, -0.2) is 9.78 Å². The Hall–Kier alpha value is -1.78. The monoisotopic (exact) mass is 331 g/mol. The minimum absolute atomic E-state index is 0.176. The van der Waals surface area contributed by atoms with E-state index in [1.165, 1.54) is 12.0 Å². The van der Waals surface area contributed by atoms with Gasteiger partial charge in [0.2, 0.25) is 0 Å². The summed E-state index contributed by atoms with van der Waals surface area (Å²) in [5, 5.41) is 0. The van der Waals surface area contributed by atoms with Crippen LogP contribution in [0.1, 0.15) is 45.6 Å². The van der Waals surface area contributed by atoms with Gasteiger partial charge in [-0.1, -0.05) is 0 Å². The Morgan fingerprint density at radius 1 is 1.25 bits per heavy atom. The van der Waals surface area contributed by atoms with Gasteiger partial charge in [0.15, 0.2) is 0 Å². The Morgan fingerprint density at radius 3 is 2.75 bits per heavy atom. The van der Waals surface area contributed by atoms with Crippen molar-refractivity contribution in [3.63, 3.8) is 0 Å². The molecule has 0 aliphatic carbocycles. The molecule has 1 amide bonds. The fourth-order valence-corrected chi connectivity index (χ4v) is 3.85. The first-order chi connectivity index (χ1) is 11.3. The van der Waals surface area contributed by atoms with Gasteiger partial charge < -0.3 is 14.5 Å². The predicted octanol–water partition coefficient (Wildman–Crippen LogP) is 3.62. The van der Waals surface area contributed by atoms with E-state index in [0.29, 0.717) is 0 Å². The lowest BCUT2D eigenvalue weighted by molar-refractivity contribution is 0.0269. The molecule has 2 aliphatic rings. The second-order valence-electron chi connectivity index (χ2n) is 8.37. The molecule has 0 aromatic carbocycles. The number of hydrogen-bond donors (Lipinski definition) is 0. The number of aryl methyl sites for hydroxylation is 1. The molecule has 3 heterocycles. The molecule has 1 spiro atoms. The second kappa shape index (κ2) is 6.26. The van der Waals surface area contributed by atoms with Crippen LogP contribution >= 0.6 is 0 Å². The fraction of sp³-hybridized carbons (Fsp3) is 0.684. The molecule has 1 atom stereocenters. The highest BCUT2D eigenvalue weighted by Gasteiger charge is 2.44. The molecule has 2 fully saturated rings. The molecule has 0 N–H and O–H groups in total. The zero-order valence-electron chi connectivity index (χ0n) is 15.3. The van der Waals surface area contributed by atoms with Gasteiger partial charge in [-0.15, -0.1) is 0 Å². The standard InChI is InChI=1S/C19H29N3O2/c1-15-6-9-20-16(12-15)21-10-5-7-19(13-21)8-11-22(14-19)17(23)24-18(2,3)4/h6,9,12H,5,7-8,10-11,13-14H2,1-4H3. The van der Waals surface area contributed by atoms with Gasteiger partial charge in [0, 0.05) is 37.8 Å². The molecule has 2 saturated heterocycles. The zero-order chi connectivity index (χ0) is 17.4. The van der Waals surface area contributed by atoms with E-state index in [1.54, 1.807) is 0 Å². The molecule has 0 radical (unpaired) electrons. The third-order valence-electron chi connectivity index (χ3n) is 4.98. The highest BCUT2D eigenvalue weighted by atomic mass is 16.6. The summed E-state index contributed by atoms with van der Waals surface area (Å²) < 4.78 is 5.54. The summed E-state index contributed by atoms with van der Waals surface area (Å²) in [4.78, 5) is 21.2. The molecule has 3 rings (SSSR count). The van der Waals surface area contributed by atoms with Crippen LogP contribution < -0.4 is 4.90 Å². The number of aromatic nitrogens is 1. The van der Waals surface area contributed by atoms with Crippen molar-refractivity contribution in [1.82, 2.24) is 9.88 Å². The third kappa shape index (κ3) is 3.82. The van der Waals surface area contributed by atoms with Crippen LogP contribution in [-0.2, 0) is 4.74 Å². The summed E-state index contributed by atoms with van der Waals surface area (Å²) in [7, 11) is 0. The van der Waals surface area contributed by atoms with Gasteiger partial charge in [0.1, 0.15) is 11.4 Å². The zero-order valence-corrected chi connectivity index (χ0v) is 15.3. The molecule has 0 saturated carbocycles. The van der Waals surface area contributed by atoms with E-state index in [1.807, 2.05) is 37.9 Å². The molecular weight excluding hydrogens is 302 g/mol. The SMILES string of the molecule is Cc1ccnc(N2CCCC3(CCN(C(=O)OC(C)(C)C)C3)C2)c1. The number of pyridine rings is 1. The summed E-state index contributed by atoms with van der Waals surface area (Å²) in [5.74, 6) is 1.06. The lowest BCUT2D eigenvalue weighted by Crippen LogP contribution is -2.46. The number of anilines is 1. The number of rotatable bonds is 1. The first-order valence-electron chi connectivity index (χ1n) is 8.92. The van der Waals surface area contributed by atoms with Crippen LogP contribution in [0.15, 0.2) is 18.3 Å². The van der Waals surface area contributed by atoms with Crippen LogP contribution in [0.2, 0.25) is 0 Å². The summed E-state index contributed by atoms with van der Waals surface area (Å²) in [6.45, 7) is 11.5. The van der Waals surface area contributed by atoms with Crippen LogP contribution in [0.25, 0.3) is 0 Å². The van der Waals surface area contributed by atoms with Gasteiger partial charge in [0.05, 0.1) is 0 Å². The lowest BCUT2D eigenvalue weighted by Gasteiger charge is -2.41. The summed E-state index contributed by atoms with van der Waals surface area (Å²) in [6, 6.07) is 4.18. The normalized spacial score (nSPS) is 24.5. The van der Waals surface area contributed by atoms with Crippen molar-refractivity contribution in [3.8, 4) is 0 Å². The van der Waals surface area contributed by atoms with Gasteiger partial charge >= 0.3 is 6.09 Å². The van der Waals surface area contributed by atoms with E-state index in [-0.39, 0.29) is 11.5 Å². The van der Waals surface area contributed by atoms with E-state index in [9.17, 15) is 4.79 Å². The minimum Gasteiger partial charge on any atom is -0.444 e. The maximum Gasteiger partial charge on any atom is 0.410 e. The van der Waals surface area contributed by atoms with Gasteiger partial charge in [-0.05, 0) is 64.7 Å². The molecule has 5 heteroatoms. The average Bonchev–Trinajstić information content (AvgIpc) is 2.89. The van der Waals surface area contributed by atoms with Gasteiger partial charge in [-0.3, -0.25) is 0 Å². The number of ether oxygens (including phenoxy) is 1. The smallest absolute Gasteiger partial charge is 0.410 e. The molecule has 132 valence electrons. The van der Waals surface area contributed by atoms with Crippen molar-refractivity contribution in [2.24, 2.45) is 5.41 Å². The highest BCUT2D eigenvalue weighted by molar-refractivity contribution is 5.68. The Morgan fingerprint density at radius 2 is 2.04 bits per heavy atom. The predicted molar refractivity (Wildman–Crippen MR) is 95.3 cm³/mol. The van der Waals surface area contributed by atoms with Crippen LogP contribution in [0.5, 0.6) is 0 Å². The number of hydrogen-bond acceptors (Lipinski definition) is 4. The number of nitrogens with zero attached hydrogens (tertiary/aromatic N) is 3. The number of carbonyl (C=O) groups is 1. The summed E-state index contributed by atoms with van der Waals surface area (Å²) in [6.07, 6.45) is 5.08. The van der Waals surface area contributed by atoms with Gasteiger partial charge in [-0.2, -0.15) is 0 Å². The first-order valence-corrected chi connectivity index (χ1v) is 8.92. The molecule has 1 aromatic rings. The topological polar surface area (TPSA) is 45.7 Å². The number of piperidine rings is 1. The van der Waals surface area contributed by atoms with Crippen molar-refractivity contribution in [1.29, 1.82) is 0 Å². The van der Waals surface area contributed by atoms with Crippen LogP contribution in [0.3, 0.4) is 0 Å². The number of carbonyl (C=O) groups excluding carboxylic acids is 1. The van der Waals surface area contributed by atoms with Crippen LogP contribution in [0, 0.1) is 12.3 Å². The van der Waals surface area contributed by atoms with E-state index in [2.05, 4.69) is 22.9 Å². The van der Waals surface area contributed by atoms with Crippen molar-refractivity contribution < 1.29 is 9.53 Å². The van der Waals surface area contributed by atoms with Crippen molar-refractivity contribution >= 4 is 11.9 Å². The largest absolute Gasteiger partial charge is 0.444 e. The quantitative estimate of drug-likeness (QED) is 0.788. The Balaban J connectivity index is 1.67. The van der Waals surface area contributed by atoms with E-state index < -0.39 is 5.60 Å². The maximum atomic E-state index is 12.4. The molecule has 1 aromatic heterocycles. The molecule has 0 bridgehead atoms. The van der Waals surface area contributed by atoms with Crippen molar-refractivity contribution in [2.75, 3.05) is 31.1 Å². The average molecular weight is 331 g/mol. The van der Waals surface area contributed by atoms with Crippen molar-refractivity contribution in [3.05, 3.63) is 23.9 Å². The molecule has 5 nitrogen and oxygen atoms in total. The third-order valence-corrected chi connectivity index (χ3v) is 4.98. The number of likely N-dealkylation sites (tertiary alicyclic amines) is 1. The van der Waals surface area contributed by atoms with Crippen molar-refractivity contribution in [2.45, 2.75) is 52.6 Å². The lowest BCUT2D eigenvalue weighted by atomic mass is 9.79.